The lowest BCUT2D eigenvalue weighted by Gasteiger charge is -2.44. The molecule has 3 rings (SSSR count). The number of hydrogen-bond acceptors (Lipinski definition) is 4. The Bertz CT molecular complexity index is 585. The Hall–Kier alpha value is -1.62. The molecule has 0 unspecified atom stereocenters. The van der Waals surface area contributed by atoms with Crippen LogP contribution in [0, 0.1) is 11.3 Å². The number of nitrogens with zero attached hydrogens (tertiary/aromatic N) is 2. The number of carbonyl (C=O) groups is 1. The number of pyridine rings is 1. The molecule has 5 nitrogen and oxygen atoms in total. The predicted octanol–water partition coefficient (Wildman–Crippen LogP) is 2.65. The van der Waals surface area contributed by atoms with Crippen molar-refractivity contribution >= 4 is 11.8 Å². The first-order valence-corrected chi connectivity index (χ1v) is 8.56. The van der Waals surface area contributed by atoms with Crippen LogP contribution < -0.4 is 4.90 Å². The van der Waals surface area contributed by atoms with Gasteiger partial charge < -0.3 is 15.1 Å². The van der Waals surface area contributed by atoms with Gasteiger partial charge in [0, 0.05) is 18.8 Å². The summed E-state index contributed by atoms with van der Waals surface area (Å²) in [5.41, 5.74) is -0.0497. The zero-order valence-electron chi connectivity index (χ0n) is 13.9. The van der Waals surface area contributed by atoms with Crippen molar-refractivity contribution in [3.63, 3.8) is 0 Å². The largest absolute Gasteiger partial charge is 0.481 e. The maximum absolute atomic E-state index is 12.0. The number of aliphatic hydroxyl groups excluding tert-OH is 1. The zero-order valence-corrected chi connectivity index (χ0v) is 13.9. The van der Waals surface area contributed by atoms with Crippen LogP contribution in [-0.2, 0) is 4.79 Å². The van der Waals surface area contributed by atoms with Gasteiger partial charge in [0.2, 0.25) is 0 Å². The van der Waals surface area contributed by atoms with Crippen LogP contribution in [0.5, 0.6) is 0 Å². The first-order valence-electron chi connectivity index (χ1n) is 8.56. The van der Waals surface area contributed by atoms with Gasteiger partial charge in [0.1, 0.15) is 11.2 Å². The second kappa shape index (κ2) is 6.11. The summed E-state index contributed by atoms with van der Waals surface area (Å²) in [7, 11) is 0. The van der Waals surface area contributed by atoms with Gasteiger partial charge in [-0.25, -0.2) is 4.98 Å². The van der Waals surface area contributed by atoms with Crippen LogP contribution in [0.25, 0.3) is 0 Å². The number of carboxylic acids is 1. The average molecular weight is 318 g/mol. The van der Waals surface area contributed by atoms with Gasteiger partial charge in [-0.15, -0.1) is 0 Å². The van der Waals surface area contributed by atoms with Crippen LogP contribution in [0.2, 0.25) is 0 Å². The predicted molar refractivity (Wildman–Crippen MR) is 88.6 cm³/mol. The van der Waals surface area contributed by atoms with Crippen molar-refractivity contribution in [1.82, 2.24) is 4.98 Å². The maximum atomic E-state index is 12.0. The van der Waals surface area contributed by atoms with Gasteiger partial charge in [0.15, 0.2) is 0 Å². The fraction of sp³-hybridized carbons (Fsp3) is 0.667. The van der Waals surface area contributed by atoms with E-state index in [9.17, 15) is 15.0 Å². The van der Waals surface area contributed by atoms with Gasteiger partial charge in [-0.3, -0.25) is 4.79 Å². The molecule has 1 saturated carbocycles. The molecular formula is C18H26N2O3. The molecule has 126 valence electrons. The molecule has 0 amide bonds. The molecule has 5 heteroatoms. The molecular weight excluding hydrogens is 292 g/mol. The fourth-order valence-corrected chi connectivity index (χ4v) is 3.55. The third-order valence-corrected chi connectivity index (χ3v) is 5.23. The SMILES string of the molecule is CC(C)c1cccc(N2CC[C@@H](O)[C@@](CC3CC3)(C(=O)O)C2)n1. The molecule has 1 saturated heterocycles. The molecule has 2 fully saturated rings. The minimum absolute atomic E-state index is 0.334. The Kier molecular flexibility index (Phi) is 4.32. The second-order valence-electron chi connectivity index (χ2n) is 7.41. The number of aliphatic carboxylic acids is 1. The Morgan fingerprint density at radius 3 is 2.74 bits per heavy atom. The highest BCUT2D eigenvalue weighted by molar-refractivity contribution is 5.77. The smallest absolute Gasteiger partial charge is 0.314 e. The van der Waals surface area contributed by atoms with Crippen LogP contribution in [0.15, 0.2) is 18.2 Å². The summed E-state index contributed by atoms with van der Waals surface area (Å²) in [6.45, 7) is 5.19. The van der Waals surface area contributed by atoms with Crippen LogP contribution in [0.3, 0.4) is 0 Å². The van der Waals surface area contributed by atoms with E-state index >= 15 is 0 Å². The van der Waals surface area contributed by atoms with Gasteiger partial charge >= 0.3 is 5.97 Å². The normalized spacial score (nSPS) is 28.2. The molecule has 0 bridgehead atoms. The van der Waals surface area contributed by atoms with Crippen LogP contribution >= 0.6 is 0 Å². The summed E-state index contributed by atoms with van der Waals surface area (Å²) in [4.78, 5) is 18.7. The number of aliphatic hydroxyl groups is 1. The van der Waals surface area contributed by atoms with Crippen molar-refractivity contribution in [2.24, 2.45) is 11.3 Å². The first kappa shape index (κ1) is 16.2. The number of carboxylic acid groups (broad SMARTS) is 1. The molecule has 1 aliphatic heterocycles. The van der Waals surface area contributed by atoms with Crippen molar-refractivity contribution in [1.29, 1.82) is 0 Å². The molecule has 2 atom stereocenters. The topological polar surface area (TPSA) is 73.7 Å². The summed E-state index contributed by atoms with van der Waals surface area (Å²) < 4.78 is 0. The monoisotopic (exact) mass is 318 g/mol. The van der Waals surface area contributed by atoms with Gasteiger partial charge in [0.25, 0.3) is 0 Å². The number of piperidine rings is 1. The van der Waals surface area contributed by atoms with Crippen molar-refractivity contribution in [2.45, 2.75) is 51.6 Å². The molecule has 2 N–H and O–H groups in total. The summed E-state index contributed by atoms with van der Waals surface area (Å²) in [5.74, 6) is 0.739. The van der Waals surface area contributed by atoms with E-state index in [1.54, 1.807) is 0 Å². The molecule has 1 aromatic rings. The maximum Gasteiger partial charge on any atom is 0.314 e. The Labute approximate surface area is 137 Å². The third kappa shape index (κ3) is 3.20. The average Bonchev–Trinajstić information content (AvgIpc) is 3.33. The van der Waals surface area contributed by atoms with Crippen molar-refractivity contribution in [3.05, 3.63) is 23.9 Å². The zero-order chi connectivity index (χ0) is 16.6. The lowest BCUT2D eigenvalue weighted by Crippen LogP contribution is -2.56. The highest BCUT2D eigenvalue weighted by atomic mass is 16.4. The highest BCUT2D eigenvalue weighted by Gasteiger charge is 2.51. The molecule has 0 radical (unpaired) electrons. The Morgan fingerprint density at radius 2 is 2.13 bits per heavy atom. The lowest BCUT2D eigenvalue weighted by molar-refractivity contribution is -0.158. The van der Waals surface area contributed by atoms with Gasteiger partial charge in [-0.1, -0.05) is 32.8 Å². The van der Waals surface area contributed by atoms with E-state index in [-0.39, 0.29) is 0 Å². The third-order valence-electron chi connectivity index (χ3n) is 5.23. The van der Waals surface area contributed by atoms with Gasteiger partial charge in [0.05, 0.1) is 6.10 Å². The lowest BCUT2D eigenvalue weighted by atomic mass is 9.73. The molecule has 0 spiro atoms. The van der Waals surface area contributed by atoms with Gasteiger partial charge in [-0.2, -0.15) is 0 Å². The van der Waals surface area contributed by atoms with E-state index < -0.39 is 17.5 Å². The molecule has 2 aliphatic rings. The Morgan fingerprint density at radius 1 is 1.39 bits per heavy atom. The Balaban J connectivity index is 1.86. The molecule has 1 aromatic heterocycles. The summed E-state index contributed by atoms with van der Waals surface area (Å²) >= 11 is 0. The summed E-state index contributed by atoms with van der Waals surface area (Å²) in [6, 6.07) is 5.92. The standard InChI is InChI=1S/C18H26N2O3/c1-12(2)14-4-3-5-16(19-14)20-9-8-15(21)18(11-20,17(22)23)10-13-6-7-13/h3-5,12-13,15,21H,6-11H2,1-2H3,(H,22,23)/t15-,18+/m1/s1. The van der Waals surface area contributed by atoms with Crippen LogP contribution in [0.1, 0.15) is 51.1 Å². The molecule has 2 heterocycles. The van der Waals surface area contributed by atoms with E-state index in [1.807, 2.05) is 23.1 Å². The van der Waals surface area contributed by atoms with E-state index in [1.165, 1.54) is 0 Å². The number of aromatic nitrogens is 1. The fourth-order valence-electron chi connectivity index (χ4n) is 3.55. The van der Waals surface area contributed by atoms with Gasteiger partial charge in [-0.05, 0) is 36.8 Å². The molecule has 0 aromatic carbocycles. The van der Waals surface area contributed by atoms with E-state index in [0.717, 1.165) is 24.4 Å². The second-order valence-corrected chi connectivity index (χ2v) is 7.41. The van der Waals surface area contributed by atoms with Crippen molar-refractivity contribution in [3.8, 4) is 0 Å². The van der Waals surface area contributed by atoms with Crippen LogP contribution in [-0.4, -0.2) is 40.4 Å². The van der Waals surface area contributed by atoms with E-state index in [2.05, 4.69) is 13.8 Å². The first-order chi connectivity index (χ1) is 10.9. The van der Waals surface area contributed by atoms with Crippen LogP contribution in [0.4, 0.5) is 5.82 Å². The minimum Gasteiger partial charge on any atom is -0.481 e. The number of hydrogen-bond donors (Lipinski definition) is 2. The summed E-state index contributed by atoms with van der Waals surface area (Å²) in [5, 5.41) is 20.3. The number of anilines is 1. The highest BCUT2D eigenvalue weighted by Crippen LogP contribution is 2.45. The van der Waals surface area contributed by atoms with Crippen molar-refractivity contribution < 1.29 is 15.0 Å². The van der Waals surface area contributed by atoms with E-state index in [4.69, 9.17) is 4.98 Å². The summed E-state index contributed by atoms with van der Waals surface area (Å²) in [6.07, 6.45) is 2.45. The quantitative estimate of drug-likeness (QED) is 0.873. The molecule has 23 heavy (non-hydrogen) atoms. The molecule has 1 aliphatic carbocycles. The van der Waals surface area contributed by atoms with E-state index in [0.29, 0.717) is 37.8 Å². The minimum atomic E-state index is -1.06. The van der Waals surface area contributed by atoms with Crippen molar-refractivity contribution in [2.75, 3.05) is 18.0 Å². The number of rotatable bonds is 5.